The Morgan fingerprint density at radius 2 is 1.97 bits per heavy atom. The third-order valence-corrected chi connectivity index (χ3v) is 7.22. The lowest BCUT2D eigenvalue weighted by Gasteiger charge is -2.25. The molecule has 2 aromatic carbocycles. The summed E-state index contributed by atoms with van der Waals surface area (Å²) < 4.78 is 36.0. The highest BCUT2D eigenvalue weighted by Crippen LogP contribution is 2.34. The van der Waals surface area contributed by atoms with Gasteiger partial charge in [0.2, 0.25) is 5.43 Å². The number of methoxy groups -OCH3 is 1. The van der Waals surface area contributed by atoms with E-state index in [0.29, 0.717) is 35.5 Å². The maximum absolute atomic E-state index is 15.1. The maximum atomic E-state index is 15.1. The Morgan fingerprint density at radius 3 is 2.54 bits per heavy atom. The van der Waals surface area contributed by atoms with Crippen LogP contribution in [0.4, 0.5) is 14.5 Å². The fourth-order valence-electron chi connectivity index (χ4n) is 4.90. The summed E-state index contributed by atoms with van der Waals surface area (Å²) in [5.41, 5.74) is 0.534. The Balaban J connectivity index is 1.89. The second-order valence-electron chi connectivity index (χ2n) is 9.67. The van der Waals surface area contributed by atoms with Gasteiger partial charge in [0.05, 0.1) is 30.3 Å². The number of carboxylic acid groups (broad SMARTS) is 1. The summed E-state index contributed by atoms with van der Waals surface area (Å²) in [4.78, 5) is 26.8. The number of carboxylic acids is 1. The van der Waals surface area contributed by atoms with E-state index >= 15 is 4.39 Å². The molecule has 4 rings (SSSR count). The van der Waals surface area contributed by atoms with Crippen LogP contribution in [0.15, 0.2) is 35.3 Å². The SMILES string of the molecule is COc1cc2c(cc1Cc1cc(N3CC[C@H](F)C3)cc(Cl)c1F)c(=O)c(C(=O)O)cn2[C@H](CO)C(C)C. The molecule has 0 spiro atoms. The van der Waals surface area contributed by atoms with E-state index in [1.807, 2.05) is 13.8 Å². The van der Waals surface area contributed by atoms with Gasteiger partial charge in [-0.05, 0) is 41.7 Å². The van der Waals surface area contributed by atoms with Gasteiger partial charge in [-0.3, -0.25) is 4.79 Å². The van der Waals surface area contributed by atoms with E-state index in [9.17, 15) is 24.2 Å². The van der Waals surface area contributed by atoms with Crippen LogP contribution in [0.2, 0.25) is 5.02 Å². The second-order valence-corrected chi connectivity index (χ2v) is 10.1. The van der Waals surface area contributed by atoms with Crippen LogP contribution in [-0.4, -0.2) is 53.7 Å². The Morgan fingerprint density at radius 1 is 1.24 bits per heavy atom. The molecule has 2 heterocycles. The van der Waals surface area contributed by atoms with Crippen LogP contribution in [0, 0.1) is 11.7 Å². The van der Waals surface area contributed by atoms with E-state index in [2.05, 4.69) is 0 Å². The summed E-state index contributed by atoms with van der Waals surface area (Å²) >= 11 is 6.18. The van der Waals surface area contributed by atoms with Gasteiger partial charge in [0, 0.05) is 42.8 Å². The van der Waals surface area contributed by atoms with Crippen molar-refractivity contribution in [1.82, 2.24) is 4.57 Å². The van der Waals surface area contributed by atoms with Gasteiger partial charge in [0.25, 0.3) is 0 Å². The van der Waals surface area contributed by atoms with Crippen molar-refractivity contribution in [2.24, 2.45) is 5.92 Å². The number of aliphatic hydroxyl groups is 1. The third-order valence-electron chi connectivity index (χ3n) is 6.94. The van der Waals surface area contributed by atoms with Gasteiger partial charge in [-0.15, -0.1) is 0 Å². The highest BCUT2D eigenvalue weighted by Gasteiger charge is 2.25. The quantitative estimate of drug-likeness (QED) is 0.430. The molecule has 0 radical (unpaired) electrons. The van der Waals surface area contributed by atoms with Crippen molar-refractivity contribution in [3.63, 3.8) is 0 Å². The van der Waals surface area contributed by atoms with E-state index in [-0.39, 0.29) is 41.5 Å². The second kappa shape index (κ2) is 10.7. The summed E-state index contributed by atoms with van der Waals surface area (Å²) in [6, 6.07) is 5.68. The van der Waals surface area contributed by atoms with E-state index in [1.165, 1.54) is 25.4 Å². The van der Waals surface area contributed by atoms with Crippen LogP contribution in [0.3, 0.4) is 0 Å². The number of rotatable bonds is 8. The fourth-order valence-corrected chi connectivity index (χ4v) is 5.13. The third kappa shape index (κ3) is 5.15. The first-order chi connectivity index (χ1) is 17.5. The predicted molar refractivity (Wildman–Crippen MR) is 139 cm³/mol. The maximum Gasteiger partial charge on any atom is 0.341 e. The van der Waals surface area contributed by atoms with Crippen LogP contribution in [0.5, 0.6) is 5.75 Å². The number of carbonyl (C=O) groups is 1. The number of ether oxygens (including phenoxy) is 1. The molecule has 37 heavy (non-hydrogen) atoms. The van der Waals surface area contributed by atoms with Gasteiger partial charge in [-0.1, -0.05) is 25.4 Å². The zero-order chi connectivity index (χ0) is 27.0. The van der Waals surface area contributed by atoms with Crippen molar-refractivity contribution in [3.05, 3.63) is 68.2 Å². The summed E-state index contributed by atoms with van der Waals surface area (Å²) in [6.45, 7) is 4.16. The molecule has 2 atom stereocenters. The molecule has 7 nitrogen and oxygen atoms in total. The molecule has 0 amide bonds. The van der Waals surface area contributed by atoms with Gasteiger partial charge in [-0.2, -0.15) is 0 Å². The highest BCUT2D eigenvalue weighted by molar-refractivity contribution is 6.31. The van der Waals surface area contributed by atoms with E-state index in [4.69, 9.17) is 16.3 Å². The molecule has 1 fully saturated rings. The molecule has 0 bridgehead atoms. The first-order valence-corrected chi connectivity index (χ1v) is 12.4. The van der Waals surface area contributed by atoms with Crippen LogP contribution < -0.4 is 15.1 Å². The lowest BCUT2D eigenvalue weighted by atomic mass is 9.98. The van der Waals surface area contributed by atoms with Gasteiger partial charge >= 0.3 is 5.97 Å². The lowest BCUT2D eigenvalue weighted by Crippen LogP contribution is -2.25. The van der Waals surface area contributed by atoms with Crippen molar-refractivity contribution in [2.75, 3.05) is 31.7 Å². The van der Waals surface area contributed by atoms with Crippen molar-refractivity contribution < 1.29 is 28.5 Å². The van der Waals surface area contributed by atoms with Gasteiger partial charge in [0.1, 0.15) is 23.3 Å². The molecule has 2 N–H and O–H groups in total. The monoisotopic (exact) mass is 534 g/mol. The smallest absolute Gasteiger partial charge is 0.341 e. The number of nitrogens with zero attached hydrogens (tertiary/aromatic N) is 2. The van der Waals surface area contributed by atoms with E-state index in [1.54, 1.807) is 21.6 Å². The molecule has 10 heteroatoms. The minimum absolute atomic E-state index is 0.00422. The van der Waals surface area contributed by atoms with Crippen molar-refractivity contribution in [1.29, 1.82) is 0 Å². The first-order valence-electron chi connectivity index (χ1n) is 12.0. The molecular weight excluding hydrogens is 506 g/mol. The number of alkyl halides is 1. The molecule has 0 unspecified atom stereocenters. The molecule has 1 saturated heterocycles. The number of benzene rings is 2. The van der Waals surface area contributed by atoms with Gasteiger partial charge in [-0.25, -0.2) is 13.6 Å². The summed E-state index contributed by atoms with van der Waals surface area (Å²) in [5.74, 6) is -1.74. The van der Waals surface area contributed by atoms with Crippen molar-refractivity contribution in [2.45, 2.75) is 38.9 Å². The van der Waals surface area contributed by atoms with Gasteiger partial charge in [0.15, 0.2) is 0 Å². The van der Waals surface area contributed by atoms with Crippen LogP contribution in [-0.2, 0) is 6.42 Å². The molecule has 1 aliphatic rings. The summed E-state index contributed by atoms with van der Waals surface area (Å²) in [5, 5.41) is 19.7. The molecule has 3 aromatic rings. The van der Waals surface area contributed by atoms with Gasteiger partial charge < -0.3 is 24.4 Å². The number of aliphatic hydroxyl groups excluding tert-OH is 1. The Kier molecular flexibility index (Phi) is 7.75. The molecule has 1 aromatic heterocycles. The summed E-state index contributed by atoms with van der Waals surface area (Å²) in [7, 11) is 1.44. The average Bonchev–Trinajstić information content (AvgIpc) is 3.29. The Hall–Kier alpha value is -3.17. The van der Waals surface area contributed by atoms with E-state index in [0.717, 1.165) is 0 Å². The zero-order valence-electron chi connectivity index (χ0n) is 20.8. The first kappa shape index (κ1) is 26.9. The zero-order valence-corrected chi connectivity index (χ0v) is 21.6. The van der Waals surface area contributed by atoms with Crippen molar-refractivity contribution in [3.8, 4) is 5.75 Å². The van der Waals surface area contributed by atoms with Crippen LogP contribution in [0.25, 0.3) is 10.9 Å². The highest BCUT2D eigenvalue weighted by atomic mass is 35.5. The lowest BCUT2D eigenvalue weighted by molar-refractivity contribution is 0.0694. The fraction of sp³-hybridized carbons (Fsp3) is 0.407. The summed E-state index contributed by atoms with van der Waals surface area (Å²) in [6.07, 6.45) is 0.651. The Bertz CT molecular complexity index is 1410. The largest absolute Gasteiger partial charge is 0.496 e. The van der Waals surface area contributed by atoms with Crippen molar-refractivity contribution >= 4 is 34.2 Å². The number of halogens is 3. The average molecular weight is 535 g/mol. The topological polar surface area (TPSA) is 92.0 Å². The molecular formula is C27H29ClF2N2O5. The number of fused-ring (bicyclic) bond motifs is 1. The molecule has 0 saturated carbocycles. The number of aromatic nitrogens is 1. The number of aromatic carboxylic acids is 1. The van der Waals surface area contributed by atoms with Crippen LogP contribution in [0.1, 0.15) is 47.8 Å². The normalized spacial score (nSPS) is 16.5. The molecule has 198 valence electrons. The minimum Gasteiger partial charge on any atom is -0.496 e. The van der Waals surface area contributed by atoms with Crippen LogP contribution >= 0.6 is 11.6 Å². The number of hydrogen-bond donors (Lipinski definition) is 2. The Labute approximate surface area is 217 Å². The number of anilines is 1. The number of hydrogen-bond acceptors (Lipinski definition) is 5. The molecule has 1 aliphatic heterocycles. The predicted octanol–water partition coefficient (Wildman–Crippen LogP) is 4.83. The number of pyridine rings is 1. The van der Waals surface area contributed by atoms with E-state index < -0.39 is 35.0 Å². The molecule has 0 aliphatic carbocycles. The standard InChI is InChI=1S/C27H29ClF2N2O5/c1-14(2)23(13-33)32-12-20(27(35)36)26(34)19-8-15(24(37-3)10-22(19)32)6-16-7-18(9-21(28)25(16)30)31-5-4-17(29)11-31/h7-10,12,14,17,23,33H,4-6,11,13H2,1-3H3,(H,35,36)/t17-,23+/m0/s1. The minimum atomic E-state index is -1.39.